The number of anilines is 1. The van der Waals surface area contributed by atoms with E-state index in [0.29, 0.717) is 22.5 Å². The molecule has 0 spiro atoms. The highest BCUT2D eigenvalue weighted by atomic mass is 35.5. The molecule has 0 aromatic heterocycles. The van der Waals surface area contributed by atoms with Crippen LogP contribution in [0.3, 0.4) is 0 Å². The molecule has 2 nitrogen and oxygen atoms in total. The fraction of sp³-hybridized carbons (Fsp3) is 0.333. The van der Waals surface area contributed by atoms with Crippen LogP contribution >= 0.6 is 23.2 Å². The summed E-state index contributed by atoms with van der Waals surface area (Å²) >= 11 is 12.2. The molecular weight excluding hydrogens is 317 g/mol. The van der Waals surface area contributed by atoms with E-state index in [1.54, 1.807) is 6.07 Å². The maximum absolute atomic E-state index is 6.15. The Hall–Kier alpha value is -1.38. The Bertz CT molecular complexity index is 597. The lowest BCUT2D eigenvalue weighted by Crippen LogP contribution is -2.02. The van der Waals surface area contributed by atoms with E-state index in [9.17, 15) is 0 Å². The van der Waals surface area contributed by atoms with Gasteiger partial charge in [0.15, 0.2) is 0 Å². The number of hydrogen-bond donors (Lipinski definition) is 1. The Morgan fingerprint density at radius 3 is 2.45 bits per heavy atom. The molecule has 0 heterocycles. The summed E-state index contributed by atoms with van der Waals surface area (Å²) in [5, 5.41) is 4.40. The Kier molecular flexibility index (Phi) is 6.41. The molecule has 2 aromatic carbocycles. The standard InChI is InChI=1S/C18H21Cl2NO/c1-13(2)10-11-22-15-8-6-14(7-9-15)12-21-17-5-3-4-16(19)18(17)20/h3-9,13,21H,10-12H2,1-2H3. The Morgan fingerprint density at radius 2 is 1.77 bits per heavy atom. The highest BCUT2D eigenvalue weighted by molar-refractivity contribution is 6.43. The third-order valence-electron chi connectivity index (χ3n) is 3.32. The van der Waals surface area contributed by atoms with Gasteiger partial charge in [-0.05, 0) is 42.2 Å². The predicted octanol–water partition coefficient (Wildman–Crippen LogP) is 6.03. The second-order valence-electron chi connectivity index (χ2n) is 5.63. The minimum atomic E-state index is 0.554. The summed E-state index contributed by atoms with van der Waals surface area (Å²) < 4.78 is 5.71. The lowest BCUT2D eigenvalue weighted by atomic mass is 10.1. The molecule has 0 unspecified atom stereocenters. The van der Waals surface area contributed by atoms with Crippen molar-refractivity contribution in [1.29, 1.82) is 0 Å². The fourth-order valence-electron chi connectivity index (χ4n) is 1.95. The lowest BCUT2D eigenvalue weighted by molar-refractivity contribution is 0.289. The number of halogens is 2. The SMILES string of the molecule is CC(C)CCOc1ccc(CNc2cccc(Cl)c2Cl)cc1. The van der Waals surface area contributed by atoms with Crippen molar-refractivity contribution in [2.45, 2.75) is 26.8 Å². The molecule has 0 fully saturated rings. The highest BCUT2D eigenvalue weighted by Crippen LogP contribution is 2.29. The van der Waals surface area contributed by atoms with Crippen LogP contribution < -0.4 is 10.1 Å². The first-order chi connectivity index (χ1) is 10.6. The summed E-state index contributed by atoms with van der Waals surface area (Å²) in [4.78, 5) is 0. The monoisotopic (exact) mass is 337 g/mol. The number of rotatable bonds is 7. The van der Waals surface area contributed by atoms with Crippen LogP contribution in [0.25, 0.3) is 0 Å². The second kappa shape index (κ2) is 8.30. The molecule has 1 N–H and O–H groups in total. The summed E-state index contributed by atoms with van der Waals surface area (Å²) in [5.41, 5.74) is 2.00. The van der Waals surface area contributed by atoms with Gasteiger partial charge in [0.1, 0.15) is 5.75 Å². The minimum Gasteiger partial charge on any atom is -0.494 e. The number of nitrogens with one attached hydrogen (secondary N) is 1. The van der Waals surface area contributed by atoms with Crippen LogP contribution in [-0.4, -0.2) is 6.61 Å². The third-order valence-corrected chi connectivity index (χ3v) is 4.14. The van der Waals surface area contributed by atoms with E-state index < -0.39 is 0 Å². The van der Waals surface area contributed by atoms with Crippen molar-refractivity contribution in [2.24, 2.45) is 5.92 Å². The van der Waals surface area contributed by atoms with Gasteiger partial charge in [-0.3, -0.25) is 0 Å². The van der Waals surface area contributed by atoms with Crippen molar-refractivity contribution < 1.29 is 4.74 Å². The van der Waals surface area contributed by atoms with Gasteiger partial charge < -0.3 is 10.1 Å². The maximum atomic E-state index is 6.15. The van der Waals surface area contributed by atoms with E-state index >= 15 is 0 Å². The molecule has 118 valence electrons. The minimum absolute atomic E-state index is 0.554. The molecule has 0 aliphatic heterocycles. The van der Waals surface area contributed by atoms with Gasteiger partial charge in [-0.1, -0.05) is 55.2 Å². The van der Waals surface area contributed by atoms with Gasteiger partial charge >= 0.3 is 0 Å². The number of ether oxygens (including phenoxy) is 1. The van der Waals surface area contributed by atoms with Crippen LogP contribution in [0.5, 0.6) is 5.75 Å². The van der Waals surface area contributed by atoms with Gasteiger partial charge in [0.2, 0.25) is 0 Å². The zero-order valence-electron chi connectivity index (χ0n) is 12.9. The van der Waals surface area contributed by atoms with Crippen LogP contribution in [-0.2, 0) is 6.54 Å². The van der Waals surface area contributed by atoms with E-state index in [4.69, 9.17) is 27.9 Å². The first kappa shape index (κ1) is 17.0. The Balaban J connectivity index is 1.87. The van der Waals surface area contributed by atoms with Crippen LogP contribution in [0, 0.1) is 5.92 Å². The molecule has 2 aromatic rings. The summed E-state index contributed by atoms with van der Waals surface area (Å²) in [6.45, 7) is 5.83. The van der Waals surface area contributed by atoms with E-state index in [2.05, 4.69) is 31.3 Å². The molecule has 0 amide bonds. The van der Waals surface area contributed by atoms with E-state index in [1.807, 2.05) is 24.3 Å². The van der Waals surface area contributed by atoms with Crippen molar-refractivity contribution >= 4 is 28.9 Å². The number of benzene rings is 2. The highest BCUT2D eigenvalue weighted by Gasteiger charge is 2.04. The van der Waals surface area contributed by atoms with Gasteiger partial charge in [0.25, 0.3) is 0 Å². The van der Waals surface area contributed by atoms with Crippen molar-refractivity contribution in [3.8, 4) is 5.75 Å². The summed E-state index contributed by atoms with van der Waals surface area (Å²) in [5.74, 6) is 1.57. The lowest BCUT2D eigenvalue weighted by Gasteiger charge is -2.11. The van der Waals surface area contributed by atoms with Crippen molar-refractivity contribution in [2.75, 3.05) is 11.9 Å². The molecular formula is C18H21Cl2NO. The van der Waals surface area contributed by atoms with Gasteiger partial charge in [-0.25, -0.2) is 0 Å². The molecule has 0 saturated carbocycles. The average molecular weight is 338 g/mol. The smallest absolute Gasteiger partial charge is 0.119 e. The van der Waals surface area contributed by atoms with E-state index in [0.717, 1.165) is 30.0 Å². The van der Waals surface area contributed by atoms with Crippen molar-refractivity contribution in [3.63, 3.8) is 0 Å². The predicted molar refractivity (Wildman–Crippen MR) is 95.2 cm³/mol. The van der Waals surface area contributed by atoms with Gasteiger partial charge in [-0.2, -0.15) is 0 Å². The molecule has 22 heavy (non-hydrogen) atoms. The van der Waals surface area contributed by atoms with Crippen LogP contribution in [0.15, 0.2) is 42.5 Å². The first-order valence-corrected chi connectivity index (χ1v) is 8.21. The van der Waals surface area contributed by atoms with Gasteiger partial charge in [-0.15, -0.1) is 0 Å². The topological polar surface area (TPSA) is 21.3 Å². The van der Waals surface area contributed by atoms with E-state index in [1.165, 1.54) is 0 Å². The van der Waals surface area contributed by atoms with Crippen molar-refractivity contribution in [3.05, 3.63) is 58.1 Å². The summed E-state index contributed by atoms with van der Waals surface area (Å²) in [6.07, 6.45) is 1.07. The van der Waals surface area contributed by atoms with E-state index in [-0.39, 0.29) is 0 Å². The third kappa shape index (κ3) is 5.11. The van der Waals surface area contributed by atoms with Crippen LogP contribution in [0.2, 0.25) is 10.0 Å². The Labute approximate surface area is 142 Å². The maximum Gasteiger partial charge on any atom is 0.119 e. The molecule has 0 saturated heterocycles. The Morgan fingerprint density at radius 1 is 1.05 bits per heavy atom. The molecule has 4 heteroatoms. The molecule has 2 rings (SSSR count). The molecule has 0 bridgehead atoms. The van der Waals surface area contributed by atoms with Crippen molar-refractivity contribution in [1.82, 2.24) is 0 Å². The molecule has 0 aliphatic rings. The largest absolute Gasteiger partial charge is 0.494 e. The van der Waals surface area contributed by atoms with Gasteiger partial charge in [0.05, 0.1) is 22.3 Å². The summed E-state index contributed by atoms with van der Waals surface area (Å²) in [7, 11) is 0. The molecule has 0 radical (unpaired) electrons. The average Bonchev–Trinajstić information content (AvgIpc) is 2.50. The van der Waals surface area contributed by atoms with Gasteiger partial charge in [0, 0.05) is 6.54 Å². The van der Waals surface area contributed by atoms with Crippen LogP contribution in [0.4, 0.5) is 5.69 Å². The second-order valence-corrected chi connectivity index (χ2v) is 6.42. The quantitative estimate of drug-likeness (QED) is 0.665. The van der Waals surface area contributed by atoms with Crippen LogP contribution in [0.1, 0.15) is 25.8 Å². The molecule has 0 atom stereocenters. The summed E-state index contributed by atoms with van der Waals surface area (Å²) in [6, 6.07) is 13.7. The molecule has 0 aliphatic carbocycles. The first-order valence-electron chi connectivity index (χ1n) is 7.46. The number of hydrogen-bond acceptors (Lipinski definition) is 2. The zero-order valence-corrected chi connectivity index (χ0v) is 14.4. The normalized spacial score (nSPS) is 10.8. The zero-order chi connectivity index (χ0) is 15.9. The fourth-order valence-corrected chi connectivity index (χ4v) is 2.32.